The summed E-state index contributed by atoms with van der Waals surface area (Å²) in [7, 11) is -0.889. The van der Waals surface area contributed by atoms with Gasteiger partial charge < -0.3 is 4.43 Å². The van der Waals surface area contributed by atoms with Gasteiger partial charge in [-0.1, -0.05) is 27.7 Å². The largest absolute Gasteiger partial charge is 0.396 e. The van der Waals surface area contributed by atoms with Gasteiger partial charge in [0.2, 0.25) is 9.04 Å². The number of benzene rings is 1. The van der Waals surface area contributed by atoms with E-state index in [1.165, 1.54) is 6.07 Å². The minimum atomic E-state index is -0.889. The molecule has 0 saturated heterocycles. The molecule has 2 atom stereocenters. The second-order valence-corrected chi connectivity index (χ2v) is 10.0. The Morgan fingerprint density at radius 1 is 1.32 bits per heavy atom. The van der Waals surface area contributed by atoms with Crippen LogP contribution in [-0.4, -0.2) is 18.8 Å². The van der Waals surface area contributed by atoms with E-state index in [0.717, 1.165) is 14.6 Å². The van der Waals surface area contributed by atoms with E-state index < -0.39 is 9.04 Å². The van der Waals surface area contributed by atoms with E-state index in [1.54, 1.807) is 12.1 Å². The smallest absolute Gasteiger partial charge is 0.207 e. The molecule has 0 aliphatic carbocycles. The summed E-state index contributed by atoms with van der Waals surface area (Å²) in [5.41, 5.74) is 1.02. The van der Waals surface area contributed by atoms with Crippen LogP contribution in [0.4, 0.5) is 4.39 Å². The van der Waals surface area contributed by atoms with Crippen molar-refractivity contribution in [3.8, 4) is 0 Å². The molecule has 0 amide bonds. The summed E-state index contributed by atoms with van der Waals surface area (Å²) in [5.74, 6) is 0.0402. The Hall–Kier alpha value is -0.473. The van der Waals surface area contributed by atoms with Gasteiger partial charge in [-0.05, 0) is 59.3 Å². The number of nitrogens with zero attached hydrogens (tertiary/aromatic N) is 2. The topological polar surface area (TPSA) is 27.1 Å². The predicted octanol–water partition coefficient (Wildman–Crippen LogP) is 5.23. The van der Waals surface area contributed by atoms with Gasteiger partial charge in [0, 0.05) is 11.3 Å². The first kappa shape index (κ1) is 17.9. The van der Waals surface area contributed by atoms with Crippen molar-refractivity contribution >= 4 is 42.5 Å². The van der Waals surface area contributed by atoms with Crippen molar-refractivity contribution in [2.24, 2.45) is 11.3 Å². The number of rotatable bonds is 4. The molecule has 0 bridgehead atoms. The van der Waals surface area contributed by atoms with Crippen LogP contribution in [0.2, 0.25) is 13.1 Å². The van der Waals surface area contributed by atoms with E-state index in [0.29, 0.717) is 0 Å². The zero-order valence-corrected chi connectivity index (χ0v) is 17.1. The van der Waals surface area contributed by atoms with Crippen LogP contribution in [-0.2, 0) is 4.43 Å². The summed E-state index contributed by atoms with van der Waals surface area (Å²) < 4.78 is 22.5. The average Bonchev–Trinajstić information content (AvgIpc) is 2.71. The van der Waals surface area contributed by atoms with Crippen molar-refractivity contribution in [2.45, 2.75) is 47.0 Å². The highest BCUT2D eigenvalue weighted by Crippen LogP contribution is 2.37. The molecule has 1 aromatic heterocycles. The van der Waals surface area contributed by atoms with Crippen LogP contribution >= 0.6 is 22.6 Å². The fraction of sp³-hybridized carbons (Fsp3) is 0.562. The highest BCUT2D eigenvalue weighted by atomic mass is 127. The Morgan fingerprint density at radius 2 is 1.95 bits per heavy atom. The summed E-state index contributed by atoms with van der Waals surface area (Å²) in [5, 5.41) is 5.49. The van der Waals surface area contributed by atoms with E-state index in [9.17, 15) is 4.39 Å². The number of aromatic nitrogens is 2. The highest BCUT2D eigenvalue weighted by Gasteiger charge is 2.32. The van der Waals surface area contributed by atoms with E-state index >= 15 is 0 Å². The van der Waals surface area contributed by atoms with Crippen molar-refractivity contribution in [3.05, 3.63) is 27.7 Å². The molecule has 6 heteroatoms. The number of halogens is 2. The van der Waals surface area contributed by atoms with Crippen molar-refractivity contribution in [3.63, 3.8) is 0 Å². The van der Waals surface area contributed by atoms with Crippen LogP contribution in [0.5, 0.6) is 0 Å². The first-order chi connectivity index (χ1) is 10.1. The zero-order chi connectivity index (χ0) is 16.7. The van der Waals surface area contributed by atoms with E-state index in [-0.39, 0.29) is 23.4 Å². The molecule has 121 valence electrons. The third-order valence-electron chi connectivity index (χ3n) is 4.01. The van der Waals surface area contributed by atoms with E-state index in [1.807, 2.05) is 4.68 Å². The van der Waals surface area contributed by atoms with Gasteiger partial charge in [-0.25, -0.2) is 9.07 Å². The molecule has 0 aliphatic rings. The fourth-order valence-corrected chi connectivity index (χ4v) is 3.75. The lowest BCUT2D eigenvalue weighted by molar-refractivity contribution is 0.0127. The average molecular weight is 433 g/mol. The quantitative estimate of drug-likeness (QED) is 0.488. The molecular weight excluding hydrogens is 410 g/mol. The molecule has 0 aliphatic heterocycles. The zero-order valence-electron chi connectivity index (χ0n) is 13.9. The maximum atomic E-state index is 13.5. The minimum Gasteiger partial charge on any atom is -0.396 e. The first-order valence-electron chi connectivity index (χ1n) is 7.41. The third kappa shape index (κ3) is 3.71. The van der Waals surface area contributed by atoms with Gasteiger partial charge in [0.15, 0.2) is 0 Å². The second kappa shape index (κ2) is 6.57. The van der Waals surface area contributed by atoms with Gasteiger partial charge in [-0.15, -0.1) is 0 Å². The summed E-state index contributed by atoms with van der Waals surface area (Å²) >= 11 is 2.16. The molecule has 22 heavy (non-hydrogen) atoms. The van der Waals surface area contributed by atoms with Crippen molar-refractivity contribution in [1.29, 1.82) is 0 Å². The Morgan fingerprint density at radius 3 is 2.50 bits per heavy atom. The van der Waals surface area contributed by atoms with Crippen LogP contribution in [0.25, 0.3) is 10.9 Å². The third-order valence-corrected chi connectivity index (χ3v) is 5.52. The molecule has 3 nitrogen and oxygen atoms in total. The Kier molecular flexibility index (Phi) is 5.33. The molecule has 1 radical (unpaired) electrons. The maximum absolute atomic E-state index is 13.5. The fourth-order valence-electron chi connectivity index (χ4n) is 2.30. The highest BCUT2D eigenvalue weighted by molar-refractivity contribution is 14.1. The van der Waals surface area contributed by atoms with Gasteiger partial charge in [0.25, 0.3) is 0 Å². The molecule has 2 unspecified atom stereocenters. The van der Waals surface area contributed by atoms with Gasteiger partial charge in [0.1, 0.15) is 15.7 Å². The van der Waals surface area contributed by atoms with Crippen LogP contribution in [0.15, 0.2) is 18.2 Å². The normalized spacial score (nSPS) is 15.5. The second-order valence-electron chi connectivity index (χ2n) is 6.97. The number of fused-ring (bicyclic) bond motifs is 1. The van der Waals surface area contributed by atoms with E-state index in [2.05, 4.69) is 68.5 Å². The number of hydrogen-bond donors (Lipinski definition) is 0. The standard InChI is InChI=1S/C16H23FIN2OSi/c1-10(16(2,3)4)15(21-22(5)6)20-13-8-7-11(17)9-12(13)14(18)19-20/h7-10,15H,1-6H3. The van der Waals surface area contributed by atoms with E-state index in [4.69, 9.17) is 4.43 Å². The predicted molar refractivity (Wildman–Crippen MR) is 98.6 cm³/mol. The van der Waals surface area contributed by atoms with Crippen molar-refractivity contribution < 1.29 is 8.82 Å². The van der Waals surface area contributed by atoms with Crippen LogP contribution in [0, 0.1) is 20.9 Å². The first-order valence-corrected chi connectivity index (χ1v) is 10.9. The van der Waals surface area contributed by atoms with Crippen LogP contribution in [0.3, 0.4) is 0 Å². The lowest BCUT2D eigenvalue weighted by Gasteiger charge is -2.35. The summed E-state index contributed by atoms with van der Waals surface area (Å²) in [6.07, 6.45) is -0.139. The van der Waals surface area contributed by atoms with Crippen molar-refractivity contribution in [1.82, 2.24) is 9.78 Å². The Bertz CT molecular complexity index is 666. The molecule has 0 fully saturated rings. The number of hydrogen-bond acceptors (Lipinski definition) is 2. The Balaban J connectivity index is 2.57. The maximum Gasteiger partial charge on any atom is 0.207 e. The molecule has 1 heterocycles. The molecule has 0 saturated carbocycles. The molecular formula is C16H23FIN2OSi. The summed E-state index contributed by atoms with van der Waals surface area (Å²) in [6, 6.07) is 4.83. The SMILES string of the molecule is CC(C(O[Si](C)C)n1nc(I)c2cc(F)ccc21)C(C)(C)C. The molecule has 0 spiro atoms. The molecule has 2 rings (SSSR count). The van der Waals surface area contributed by atoms with Crippen molar-refractivity contribution in [2.75, 3.05) is 0 Å². The molecule has 2 aromatic rings. The van der Waals surface area contributed by atoms with Gasteiger partial charge >= 0.3 is 0 Å². The Labute approximate surface area is 147 Å². The van der Waals surface area contributed by atoms with Gasteiger partial charge in [-0.3, -0.25) is 0 Å². The molecule has 0 N–H and O–H groups in total. The van der Waals surface area contributed by atoms with Crippen LogP contribution < -0.4 is 0 Å². The summed E-state index contributed by atoms with van der Waals surface area (Å²) in [6.45, 7) is 13.1. The van der Waals surface area contributed by atoms with Gasteiger partial charge in [-0.2, -0.15) is 5.10 Å². The van der Waals surface area contributed by atoms with Gasteiger partial charge in [0.05, 0.1) is 5.52 Å². The lowest BCUT2D eigenvalue weighted by Crippen LogP contribution is -2.33. The molecule has 1 aromatic carbocycles. The monoisotopic (exact) mass is 433 g/mol. The van der Waals surface area contributed by atoms with Crippen LogP contribution in [0.1, 0.15) is 33.9 Å². The summed E-state index contributed by atoms with van der Waals surface area (Å²) in [4.78, 5) is 0. The minimum absolute atomic E-state index is 0.0890. The lowest BCUT2D eigenvalue weighted by atomic mass is 9.81.